The van der Waals surface area contributed by atoms with Crippen molar-refractivity contribution in [2.45, 2.75) is 43.0 Å². The molecule has 30 heavy (non-hydrogen) atoms. The molecule has 0 radical (unpaired) electrons. The summed E-state index contributed by atoms with van der Waals surface area (Å²) in [5.74, 6) is 1.37. The van der Waals surface area contributed by atoms with Crippen LogP contribution in [0.15, 0.2) is 23.1 Å². The van der Waals surface area contributed by atoms with Crippen molar-refractivity contribution in [3.05, 3.63) is 28.9 Å². The second-order valence-electron chi connectivity index (χ2n) is 7.92. The van der Waals surface area contributed by atoms with Gasteiger partial charge in [-0.25, -0.2) is 9.37 Å². The van der Waals surface area contributed by atoms with Crippen molar-refractivity contribution in [1.82, 2.24) is 9.88 Å². The van der Waals surface area contributed by atoms with Gasteiger partial charge in [-0.05, 0) is 56.2 Å². The number of carbonyl (C=O) groups excluding carboxylic acids is 1. The van der Waals surface area contributed by atoms with E-state index < -0.39 is 0 Å². The summed E-state index contributed by atoms with van der Waals surface area (Å²) < 4.78 is 18.9. The topological polar surface area (TPSA) is 54.5 Å². The SMILES string of the molecule is COCCN(C=O)C1CCC(CNc2nc3c(s2)CCSc2ccc(F)cc2-3)CC1. The summed E-state index contributed by atoms with van der Waals surface area (Å²) in [6, 6.07) is 5.33. The van der Waals surface area contributed by atoms with Crippen LogP contribution in [0.4, 0.5) is 9.52 Å². The minimum atomic E-state index is -0.212. The van der Waals surface area contributed by atoms with E-state index in [2.05, 4.69) is 5.32 Å². The number of amides is 1. The summed E-state index contributed by atoms with van der Waals surface area (Å²) in [6.07, 6.45) is 6.20. The molecular weight excluding hydrogens is 421 g/mol. The highest BCUT2D eigenvalue weighted by molar-refractivity contribution is 7.99. The van der Waals surface area contributed by atoms with Crippen LogP contribution in [0.2, 0.25) is 0 Å². The van der Waals surface area contributed by atoms with Crippen molar-refractivity contribution in [2.75, 3.05) is 37.9 Å². The Kier molecular flexibility index (Phi) is 7.28. The number of aryl methyl sites for hydroxylation is 1. The third-order valence-corrected chi connectivity index (χ3v) is 8.15. The standard InChI is InChI=1S/C22H28FN3O2S2/c1-28-10-9-26(14-27)17-5-2-15(3-6-17)13-24-22-25-21-18-12-16(23)4-7-19(18)29-11-8-20(21)30-22/h4,7,12,14-15,17H,2-3,5-6,8-11,13H2,1H3,(H,24,25). The summed E-state index contributed by atoms with van der Waals surface area (Å²) in [4.78, 5) is 20.4. The van der Waals surface area contributed by atoms with Gasteiger partial charge in [0.25, 0.3) is 0 Å². The van der Waals surface area contributed by atoms with Gasteiger partial charge in [0.2, 0.25) is 6.41 Å². The van der Waals surface area contributed by atoms with Crippen LogP contribution in [-0.4, -0.2) is 54.9 Å². The van der Waals surface area contributed by atoms with Crippen molar-refractivity contribution in [3.63, 3.8) is 0 Å². The molecular formula is C22H28FN3O2S2. The molecule has 0 atom stereocenters. The van der Waals surface area contributed by atoms with Crippen LogP contribution < -0.4 is 5.32 Å². The number of nitrogens with one attached hydrogen (secondary N) is 1. The molecule has 8 heteroatoms. The Labute approximate surface area is 185 Å². The maximum atomic E-state index is 13.8. The van der Waals surface area contributed by atoms with Crippen molar-refractivity contribution in [2.24, 2.45) is 5.92 Å². The Morgan fingerprint density at radius 3 is 2.93 bits per heavy atom. The normalized spacial score (nSPS) is 20.7. The first-order chi connectivity index (χ1) is 14.7. The number of rotatable bonds is 8. The Hall–Kier alpha value is -1.64. The number of fused-ring (bicyclic) bond motifs is 3. The predicted molar refractivity (Wildman–Crippen MR) is 121 cm³/mol. The Balaban J connectivity index is 1.34. The molecule has 1 amide bonds. The number of anilines is 1. The maximum Gasteiger partial charge on any atom is 0.210 e. The molecule has 1 aromatic carbocycles. The summed E-state index contributed by atoms with van der Waals surface area (Å²) in [7, 11) is 1.66. The van der Waals surface area contributed by atoms with E-state index in [4.69, 9.17) is 9.72 Å². The average molecular weight is 450 g/mol. The molecule has 162 valence electrons. The minimum absolute atomic E-state index is 0.212. The average Bonchev–Trinajstić information content (AvgIpc) is 3.10. The van der Waals surface area contributed by atoms with E-state index >= 15 is 0 Å². The van der Waals surface area contributed by atoms with Gasteiger partial charge >= 0.3 is 0 Å². The fourth-order valence-electron chi connectivity index (χ4n) is 4.30. The van der Waals surface area contributed by atoms with Gasteiger partial charge < -0.3 is 15.0 Å². The van der Waals surface area contributed by atoms with Crippen LogP contribution in [0.3, 0.4) is 0 Å². The largest absolute Gasteiger partial charge is 0.383 e. The number of thioether (sulfide) groups is 1. The molecule has 2 heterocycles. The van der Waals surface area contributed by atoms with E-state index in [0.29, 0.717) is 25.1 Å². The van der Waals surface area contributed by atoms with Crippen LogP contribution in [0, 0.1) is 11.7 Å². The number of thiazole rings is 1. The van der Waals surface area contributed by atoms with Gasteiger partial charge in [-0.1, -0.05) is 0 Å². The van der Waals surface area contributed by atoms with Gasteiger partial charge in [-0.2, -0.15) is 0 Å². The number of hydrogen-bond donors (Lipinski definition) is 1. The fourth-order valence-corrected chi connectivity index (χ4v) is 6.42. The van der Waals surface area contributed by atoms with Crippen LogP contribution in [-0.2, 0) is 16.0 Å². The first kappa shape index (κ1) is 21.6. The molecule has 1 aliphatic heterocycles. The molecule has 4 rings (SSSR count). The van der Waals surface area contributed by atoms with Crippen LogP contribution in [0.25, 0.3) is 11.3 Å². The van der Waals surface area contributed by atoms with Gasteiger partial charge in [0.05, 0.1) is 12.3 Å². The van der Waals surface area contributed by atoms with Crippen molar-refractivity contribution in [3.8, 4) is 11.3 Å². The number of benzene rings is 1. The third kappa shape index (κ3) is 4.98. The maximum absolute atomic E-state index is 13.8. The van der Waals surface area contributed by atoms with Gasteiger partial charge in [-0.15, -0.1) is 23.1 Å². The van der Waals surface area contributed by atoms with Gasteiger partial charge in [0.1, 0.15) is 5.82 Å². The first-order valence-corrected chi connectivity index (χ1v) is 12.3. The smallest absolute Gasteiger partial charge is 0.210 e. The summed E-state index contributed by atoms with van der Waals surface area (Å²) in [5.41, 5.74) is 1.85. The molecule has 5 nitrogen and oxygen atoms in total. The van der Waals surface area contributed by atoms with Gasteiger partial charge in [0.15, 0.2) is 5.13 Å². The Morgan fingerprint density at radius 2 is 2.17 bits per heavy atom. The summed E-state index contributed by atoms with van der Waals surface area (Å²) in [5, 5.41) is 4.46. The van der Waals surface area contributed by atoms with E-state index in [0.717, 1.165) is 72.1 Å². The van der Waals surface area contributed by atoms with Crippen LogP contribution >= 0.6 is 23.1 Å². The number of aromatic nitrogens is 1. The van der Waals surface area contributed by atoms with Crippen molar-refractivity contribution in [1.29, 1.82) is 0 Å². The number of halogens is 1. The van der Waals surface area contributed by atoms with Crippen molar-refractivity contribution < 1.29 is 13.9 Å². The molecule has 0 unspecified atom stereocenters. The second kappa shape index (κ2) is 10.1. The number of carbonyl (C=O) groups is 1. The van der Waals surface area contributed by atoms with Crippen LogP contribution in [0.5, 0.6) is 0 Å². The molecule has 1 aromatic heterocycles. The number of ether oxygens (including phenoxy) is 1. The van der Waals surface area contributed by atoms with Crippen molar-refractivity contribution >= 4 is 34.6 Å². The van der Waals surface area contributed by atoms with Gasteiger partial charge in [-0.3, -0.25) is 4.79 Å². The monoisotopic (exact) mass is 449 g/mol. The lowest BCUT2D eigenvalue weighted by Crippen LogP contribution is -2.39. The van der Waals surface area contributed by atoms with Gasteiger partial charge in [0, 0.05) is 47.3 Å². The van der Waals surface area contributed by atoms with E-state index in [1.165, 1.54) is 10.9 Å². The zero-order valence-corrected chi connectivity index (χ0v) is 18.9. The molecule has 1 fully saturated rings. The molecule has 1 aliphatic carbocycles. The van der Waals surface area contributed by atoms with Crippen LogP contribution in [0.1, 0.15) is 30.6 Å². The lowest BCUT2D eigenvalue weighted by Gasteiger charge is -2.34. The number of methoxy groups -OCH3 is 1. The molecule has 0 bridgehead atoms. The zero-order valence-electron chi connectivity index (χ0n) is 17.2. The highest BCUT2D eigenvalue weighted by Crippen LogP contribution is 2.41. The molecule has 2 aliphatic rings. The van der Waals surface area contributed by atoms with E-state index in [-0.39, 0.29) is 5.82 Å². The lowest BCUT2D eigenvalue weighted by molar-refractivity contribution is -0.121. The highest BCUT2D eigenvalue weighted by Gasteiger charge is 2.26. The minimum Gasteiger partial charge on any atom is -0.383 e. The summed E-state index contributed by atoms with van der Waals surface area (Å²) in [6.45, 7) is 2.14. The van der Waals surface area contributed by atoms with E-state index in [1.54, 1.807) is 36.3 Å². The quantitative estimate of drug-likeness (QED) is 0.594. The first-order valence-electron chi connectivity index (χ1n) is 10.5. The summed E-state index contributed by atoms with van der Waals surface area (Å²) >= 11 is 3.47. The highest BCUT2D eigenvalue weighted by atomic mass is 32.2. The lowest BCUT2D eigenvalue weighted by atomic mass is 9.85. The predicted octanol–water partition coefficient (Wildman–Crippen LogP) is 4.67. The zero-order chi connectivity index (χ0) is 20.9. The Morgan fingerprint density at radius 1 is 1.33 bits per heavy atom. The molecule has 1 N–H and O–H groups in total. The Bertz CT molecular complexity index is 868. The fraction of sp³-hybridized carbons (Fsp3) is 0.545. The number of nitrogens with zero attached hydrogens (tertiary/aromatic N) is 2. The van der Waals surface area contributed by atoms with E-state index in [9.17, 15) is 9.18 Å². The molecule has 0 spiro atoms. The second-order valence-corrected chi connectivity index (χ2v) is 10.1. The van der Waals surface area contributed by atoms with E-state index in [1.807, 2.05) is 11.0 Å². The number of hydrogen-bond acceptors (Lipinski definition) is 6. The molecule has 0 saturated heterocycles. The molecule has 1 saturated carbocycles. The molecule has 2 aromatic rings. The third-order valence-electron chi connectivity index (χ3n) is 6.00.